The van der Waals surface area contributed by atoms with Crippen LogP contribution in [-0.2, 0) is 17.7 Å². The third-order valence-corrected chi connectivity index (χ3v) is 3.89. The molecule has 25 heavy (non-hydrogen) atoms. The van der Waals surface area contributed by atoms with Gasteiger partial charge in [0.2, 0.25) is 0 Å². The number of esters is 1. The molecule has 0 bridgehead atoms. The van der Waals surface area contributed by atoms with Gasteiger partial charge in [0.1, 0.15) is 5.60 Å². The molecule has 1 aromatic heterocycles. The lowest BCUT2D eigenvalue weighted by molar-refractivity contribution is 0.00694. The zero-order chi connectivity index (χ0) is 18.0. The summed E-state index contributed by atoms with van der Waals surface area (Å²) in [6, 6.07) is 7.27. The number of fused-ring (bicyclic) bond motifs is 1. The van der Waals surface area contributed by atoms with Gasteiger partial charge in [0.15, 0.2) is 0 Å². The second kappa shape index (κ2) is 6.70. The Bertz CT molecular complexity index is 785. The first kappa shape index (κ1) is 17.2. The lowest BCUT2D eigenvalue weighted by Crippen LogP contribution is -2.23. The highest BCUT2D eigenvalue weighted by Crippen LogP contribution is 2.16. The molecule has 0 aliphatic carbocycles. The Kier molecular flexibility index (Phi) is 4.61. The number of nitrogens with zero attached hydrogens (tertiary/aromatic N) is 2. The Morgan fingerprint density at radius 1 is 1.28 bits per heavy atom. The molecule has 1 aliphatic rings. The van der Waals surface area contributed by atoms with Crippen molar-refractivity contribution in [2.75, 3.05) is 6.54 Å². The van der Waals surface area contributed by atoms with Crippen LogP contribution < -0.4 is 5.32 Å². The molecule has 0 spiro atoms. The van der Waals surface area contributed by atoms with Crippen LogP contribution in [0.3, 0.4) is 0 Å². The van der Waals surface area contributed by atoms with Crippen molar-refractivity contribution >= 4 is 11.9 Å². The van der Waals surface area contributed by atoms with Gasteiger partial charge in [-0.3, -0.25) is 9.48 Å². The maximum absolute atomic E-state index is 12.0. The standard InChI is InChI=1S/C19H23N3O3/c1-19(2,3)25-18(24)14-8-6-13(7-9-14)11-22-12-15-16(21-22)5-4-10-20-17(15)23/h6-9,12H,4-5,10-11H2,1-3H3,(H,20,23). The predicted octanol–water partition coefficient (Wildman–Crippen LogP) is 2.56. The molecule has 6 nitrogen and oxygen atoms in total. The van der Waals surface area contributed by atoms with Crippen molar-refractivity contribution in [2.24, 2.45) is 0 Å². The highest BCUT2D eigenvalue weighted by atomic mass is 16.6. The van der Waals surface area contributed by atoms with Crippen LogP contribution in [0.1, 0.15) is 59.2 Å². The molecule has 2 aromatic rings. The average Bonchev–Trinajstić information content (AvgIpc) is 2.85. The first-order valence-corrected chi connectivity index (χ1v) is 8.49. The van der Waals surface area contributed by atoms with Crippen LogP contribution in [0.25, 0.3) is 0 Å². The molecule has 132 valence electrons. The molecule has 0 fully saturated rings. The molecule has 0 atom stereocenters. The first-order valence-electron chi connectivity index (χ1n) is 8.49. The van der Waals surface area contributed by atoms with Gasteiger partial charge in [-0.25, -0.2) is 4.79 Å². The van der Waals surface area contributed by atoms with E-state index in [0.717, 1.165) is 24.1 Å². The highest BCUT2D eigenvalue weighted by molar-refractivity contribution is 5.95. The van der Waals surface area contributed by atoms with Crippen molar-refractivity contribution in [1.82, 2.24) is 15.1 Å². The van der Waals surface area contributed by atoms with E-state index in [4.69, 9.17) is 4.74 Å². The number of rotatable bonds is 3. The number of carbonyl (C=O) groups is 2. The number of hydrogen-bond acceptors (Lipinski definition) is 4. The lowest BCUT2D eigenvalue weighted by Gasteiger charge is -2.19. The van der Waals surface area contributed by atoms with Crippen LogP contribution in [-0.4, -0.2) is 33.8 Å². The van der Waals surface area contributed by atoms with Crippen molar-refractivity contribution in [3.8, 4) is 0 Å². The monoisotopic (exact) mass is 341 g/mol. The van der Waals surface area contributed by atoms with E-state index in [0.29, 0.717) is 24.2 Å². The third kappa shape index (κ3) is 4.26. The number of ether oxygens (including phenoxy) is 1. The van der Waals surface area contributed by atoms with Crippen molar-refractivity contribution in [2.45, 2.75) is 45.8 Å². The molecular formula is C19H23N3O3. The molecule has 2 heterocycles. The normalized spacial score (nSPS) is 14.4. The van der Waals surface area contributed by atoms with Gasteiger partial charge in [-0.05, 0) is 51.3 Å². The zero-order valence-corrected chi connectivity index (χ0v) is 14.8. The Morgan fingerprint density at radius 2 is 2.00 bits per heavy atom. The molecule has 1 N–H and O–H groups in total. The molecule has 6 heteroatoms. The van der Waals surface area contributed by atoms with Gasteiger partial charge in [0.05, 0.1) is 23.4 Å². The van der Waals surface area contributed by atoms with E-state index in [2.05, 4.69) is 10.4 Å². The van der Waals surface area contributed by atoms with E-state index in [1.54, 1.807) is 23.0 Å². The first-order chi connectivity index (χ1) is 11.8. The second-order valence-corrected chi connectivity index (χ2v) is 7.25. The van der Waals surface area contributed by atoms with Crippen LogP contribution in [0.4, 0.5) is 0 Å². The third-order valence-electron chi connectivity index (χ3n) is 3.89. The van der Waals surface area contributed by atoms with E-state index in [-0.39, 0.29) is 11.9 Å². The molecule has 1 aliphatic heterocycles. The van der Waals surface area contributed by atoms with Gasteiger partial charge in [0.25, 0.3) is 5.91 Å². The Balaban J connectivity index is 1.71. The number of amides is 1. The quantitative estimate of drug-likeness (QED) is 0.871. The molecule has 3 rings (SSSR count). The van der Waals surface area contributed by atoms with Crippen LogP contribution in [0.2, 0.25) is 0 Å². The molecule has 0 saturated carbocycles. The molecule has 0 unspecified atom stereocenters. The van der Waals surface area contributed by atoms with Crippen LogP contribution in [0.15, 0.2) is 30.5 Å². The summed E-state index contributed by atoms with van der Waals surface area (Å²) in [5.41, 5.74) is 2.52. The molecule has 0 radical (unpaired) electrons. The summed E-state index contributed by atoms with van der Waals surface area (Å²) in [5, 5.41) is 7.40. The number of aryl methyl sites for hydroxylation is 1. The van der Waals surface area contributed by atoms with E-state index in [9.17, 15) is 9.59 Å². The van der Waals surface area contributed by atoms with Crippen LogP contribution in [0, 0.1) is 0 Å². The van der Waals surface area contributed by atoms with Crippen LogP contribution in [0.5, 0.6) is 0 Å². The van der Waals surface area contributed by atoms with Gasteiger partial charge in [0, 0.05) is 12.7 Å². The lowest BCUT2D eigenvalue weighted by atomic mass is 10.1. The minimum atomic E-state index is -0.511. The number of aromatic nitrogens is 2. The van der Waals surface area contributed by atoms with Crippen molar-refractivity contribution < 1.29 is 14.3 Å². The van der Waals surface area contributed by atoms with Gasteiger partial charge in [-0.15, -0.1) is 0 Å². The molecule has 0 saturated heterocycles. The van der Waals surface area contributed by atoms with Gasteiger partial charge < -0.3 is 10.1 Å². The smallest absolute Gasteiger partial charge is 0.338 e. The van der Waals surface area contributed by atoms with Crippen molar-refractivity contribution in [3.05, 3.63) is 52.8 Å². The second-order valence-electron chi connectivity index (χ2n) is 7.25. The summed E-state index contributed by atoms with van der Waals surface area (Å²) < 4.78 is 7.14. The minimum Gasteiger partial charge on any atom is -0.456 e. The Morgan fingerprint density at radius 3 is 2.68 bits per heavy atom. The average molecular weight is 341 g/mol. The molecular weight excluding hydrogens is 318 g/mol. The fourth-order valence-electron chi connectivity index (χ4n) is 2.74. The Labute approximate surface area is 147 Å². The summed E-state index contributed by atoms with van der Waals surface area (Å²) in [6.07, 6.45) is 3.50. The molecule has 1 amide bonds. The van der Waals surface area contributed by atoms with Gasteiger partial charge in [-0.2, -0.15) is 5.10 Å². The van der Waals surface area contributed by atoms with E-state index in [1.165, 1.54) is 0 Å². The van der Waals surface area contributed by atoms with Gasteiger partial charge in [-0.1, -0.05) is 12.1 Å². The Hall–Kier alpha value is -2.63. The number of nitrogens with one attached hydrogen (secondary N) is 1. The van der Waals surface area contributed by atoms with E-state index in [1.807, 2.05) is 32.9 Å². The van der Waals surface area contributed by atoms with Gasteiger partial charge >= 0.3 is 5.97 Å². The summed E-state index contributed by atoms with van der Waals surface area (Å²) in [6.45, 7) is 6.78. The predicted molar refractivity (Wildman–Crippen MR) is 93.6 cm³/mol. The molecule has 1 aromatic carbocycles. The number of carbonyl (C=O) groups excluding carboxylic acids is 2. The maximum Gasteiger partial charge on any atom is 0.338 e. The summed E-state index contributed by atoms with van der Waals surface area (Å²) in [4.78, 5) is 24.0. The fourth-order valence-corrected chi connectivity index (χ4v) is 2.74. The minimum absolute atomic E-state index is 0.0565. The fraction of sp³-hybridized carbons (Fsp3) is 0.421. The summed E-state index contributed by atoms with van der Waals surface area (Å²) in [7, 11) is 0. The van der Waals surface area contributed by atoms with Crippen molar-refractivity contribution in [3.63, 3.8) is 0 Å². The van der Waals surface area contributed by atoms with E-state index >= 15 is 0 Å². The maximum atomic E-state index is 12.0. The highest BCUT2D eigenvalue weighted by Gasteiger charge is 2.20. The van der Waals surface area contributed by atoms with Crippen molar-refractivity contribution in [1.29, 1.82) is 0 Å². The summed E-state index contributed by atoms with van der Waals surface area (Å²) in [5.74, 6) is -0.388. The SMILES string of the molecule is CC(C)(C)OC(=O)c1ccc(Cn2cc3c(n2)CCCNC3=O)cc1. The summed E-state index contributed by atoms with van der Waals surface area (Å²) >= 11 is 0. The number of hydrogen-bond donors (Lipinski definition) is 1. The largest absolute Gasteiger partial charge is 0.456 e. The van der Waals surface area contributed by atoms with Crippen LogP contribution >= 0.6 is 0 Å². The number of benzene rings is 1. The topological polar surface area (TPSA) is 73.2 Å². The zero-order valence-electron chi connectivity index (χ0n) is 14.8. The van der Waals surface area contributed by atoms with E-state index < -0.39 is 5.60 Å².